The molecule has 2 unspecified atom stereocenters. The van der Waals surface area contributed by atoms with Gasteiger partial charge >= 0.3 is 0 Å². The lowest BCUT2D eigenvalue weighted by Gasteiger charge is -2.32. The number of benzene rings is 1. The minimum absolute atomic E-state index is 0.149. The van der Waals surface area contributed by atoms with Gasteiger partial charge in [-0.05, 0) is 56.4 Å². The van der Waals surface area contributed by atoms with E-state index in [2.05, 4.69) is 35.6 Å². The van der Waals surface area contributed by atoms with Crippen molar-refractivity contribution in [1.29, 1.82) is 0 Å². The first kappa shape index (κ1) is 15.5. The Morgan fingerprint density at radius 2 is 1.73 bits per heavy atom. The number of carbonyl (C=O) groups excluding carboxylic acids is 1. The molecule has 120 valence electrons. The molecule has 2 atom stereocenters. The van der Waals surface area contributed by atoms with Gasteiger partial charge in [-0.15, -0.1) is 0 Å². The molecule has 3 heteroatoms. The molecule has 2 aliphatic carbocycles. The van der Waals surface area contributed by atoms with Gasteiger partial charge in [0.2, 0.25) is 5.91 Å². The van der Waals surface area contributed by atoms with Crippen LogP contribution in [0.15, 0.2) is 30.3 Å². The van der Waals surface area contributed by atoms with Crippen LogP contribution < -0.4 is 11.1 Å². The second-order valence-electron chi connectivity index (χ2n) is 7.09. The van der Waals surface area contributed by atoms with Gasteiger partial charge in [0, 0.05) is 18.0 Å². The molecule has 3 nitrogen and oxygen atoms in total. The first-order valence-corrected chi connectivity index (χ1v) is 8.83. The van der Waals surface area contributed by atoms with Gasteiger partial charge in [0.1, 0.15) is 0 Å². The topological polar surface area (TPSA) is 55.1 Å². The highest BCUT2D eigenvalue weighted by Crippen LogP contribution is 2.33. The van der Waals surface area contributed by atoms with E-state index in [4.69, 9.17) is 5.73 Å². The van der Waals surface area contributed by atoms with Crippen LogP contribution >= 0.6 is 0 Å². The van der Waals surface area contributed by atoms with Crippen molar-refractivity contribution in [3.05, 3.63) is 35.9 Å². The van der Waals surface area contributed by atoms with E-state index < -0.39 is 0 Å². The molecular formula is C19H28N2O. The summed E-state index contributed by atoms with van der Waals surface area (Å²) in [5, 5.41) is 3.29. The lowest BCUT2D eigenvalue weighted by atomic mass is 9.81. The third-order valence-electron chi connectivity index (χ3n) is 5.43. The maximum atomic E-state index is 12.4. The van der Waals surface area contributed by atoms with Crippen LogP contribution in [-0.4, -0.2) is 18.0 Å². The van der Waals surface area contributed by atoms with Crippen LogP contribution in [0.2, 0.25) is 0 Å². The summed E-state index contributed by atoms with van der Waals surface area (Å²) in [6, 6.07) is 11.4. The Bertz CT molecular complexity index is 479. The molecule has 0 bridgehead atoms. The first-order valence-electron chi connectivity index (χ1n) is 8.83. The van der Waals surface area contributed by atoms with Gasteiger partial charge in [-0.1, -0.05) is 36.8 Å². The molecule has 0 aromatic heterocycles. The molecule has 1 aromatic carbocycles. The Morgan fingerprint density at radius 1 is 1.00 bits per heavy atom. The predicted molar refractivity (Wildman–Crippen MR) is 89.5 cm³/mol. The van der Waals surface area contributed by atoms with Crippen LogP contribution in [0.1, 0.15) is 62.8 Å². The number of hydrogen-bond donors (Lipinski definition) is 2. The van der Waals surface area contributed by atoms with E-state index in [0.717, 1.165) is 38.5 Å². The smallest absolute Gasteiger partial charge is 0.223 e. The fourth-order valence-electron chi connectivity index (χ4n) is 4.08. The van der Waals surface area contributed by atoms with Gasteiger partial charge in [-0.3, -0.25) is 4.79 Å². The normalized spacial score (nSPS) is 32.4. The fourth-order valence-corrected chi connectivity index (χ4v) is 4.08. The lowest BCUT2D eigenvalue weighted by Crippen LogP contribution is -2.43. The number of nitrogens with two attached hydrogens (primary N) is 1. The summed E-state index contributed by atoms with van der Waals surface area (Å²) in [6.07, 6.45) is 8.61. The molecule has 3 N–H and O–H groups in total. The van der Waals surface area contributed by atoms with Gasteiger partial charge in [0.15, 0.2) is 0 Å². The monoisotopic (exact) mass is 300 g/mol. The number of hydrogen-bond acceptors (Lipinski definition) is 2. The zero-order valence-electron chi connectivity index (χ0n) is 13.3. The summed E-state index contributed by atoms with van der Waals surface area (Å²) in [7, 11) is 0. The predicted octanol–water partition coefficient (Wildman–Crippen LogP) is 3.35. The number of carbonyl (C=O) groups is 1. The van der Waals surface area contributed by atoms with E-state index in [-0.39, 0.29) is 17.9 Å². The van der Waals surface area contributed by atoms with Crippen molar-refractivity contribution in [2.75, 3.05) is 0 Å². The quantitative estimate of drug-likeness (QED) is 0.899. The van der Waals surface area contributed by atoms with Crippen LogP contribution in [-0.2, 0) is 4.79 Å². The second kappa shape index (κ2) is 7.28. The number of rotatable bonds is 3. The van der Waals surface area contributed by atoms with Gasteiger partial charge in [0.05, 0.1) is 0 Å². The molecule has 1 amide bonds. The molecule has 1 aromatic rings. The van der Waals surface area contributed by atoms with Crippen molar-refractivity contribution in [2.45, 2.75) is 69.4 Å². The zero-order valence-corrected chi connectivity index (χ0v) is 13.3. The third-order valence-corrected chi connectivity index (χ3v) is 5.43. The summed E-state index contributed by atoms with van der Waals surface area (Å²) < 4.78 is 0. The SMILES string of the molecule is NC1CCCC(C(=O)NC2CCC(c3ccccc3)CC2)C1. The Kier molecular flexibility index (Phi) is 5.14. The summed E-state index contributed by atoms with van der Waals surface area (Å²) in [6.45, 7) is 0. The Morgan fingerprint density at radius 3 is 2.41 bits per heavy atom. The third kappa shape index (κ3) is 3.89. The summed E-state index contributed by atoms with van der Waals surface area (Å²) in [5.74, 6) is 1.06. The Hall–Kier alpha value is -1.35. The van der Waals surface area contributed by atoms with Crippen molar-refractivity contribution in [3.63, 3.8) is 0 Å². The van der Waals surface area contributed by atoms with Crippen molar-refractivity contribution < 1.29 is 4.79 Å². The van der Waals surface area contributed by atoms with Gasteiger partial charge < -0.3 is 11.1 Å². The first-order chi connectivity index (χ1) is 10.7. The van der Waals surface area contributed by atoms with Crippen molar-refractivity contribution in [1.82, 2.24) is 5.32 Å². The molecule has 0 saturated heterocycles. The van der Waals surface area contributed by atoms with Gasteiger partial charge in [0.25, 0.3) is 0 Å². The molecule has 2 aliphatic rings. The maximum Gasteiger partial charge on any atom is 0.223 e. The average molecular weight is 300 g/mol. The Balaban J connectivity index is 1.46. The molecule has 0 heterocycles. The Labute approximate surface area is 133 Å². The van der Waals surface area contributed by atoms with Crippen LogP contribution in [0.3, 0.4) is 0 Å². The molecule has 3 rings (SSSR count). The average Bonchev–Trinajstić information content (AvgIpc) is 2.56. The highest BCUT2D eigenvalue weighted by molar-refractivity contribution is 5.79. The van der Waals surface area contributed by atoms with Crippen molar-refractivity contribution >= 4 is 5.91 Å². The van der Waals surface area contributed by atoms with E-state index in [1.807, 2.05) is 0 Å². The fraction of sp³-hybridized carbons (Fsp3) is 0.632. The highest BCUT2D eigenvalue weighted by Gasteiger charge is 2.28. The van der Waals surface area contributed by atoms with Crippen LogP contribution in [0.5, 0.6) is 0 Å². The van der Waals surface area contributed by atoms with Gasteiger partial charge in [-0.2, -0.15) is 0 Å². The van der Waals surface area contributed by atoms with Crippen LogP contribution in [0.4, 0.5) is 0 Å². The molecule has 0 aliphatic heterocycles. The highest BCUT2D eigenvalue weighted by atomic mass is 16.1. The summed E-state index contributed by atoms with van der Waals surface area (Å²) >= 11 is 0. The minimum atomic E-state index is 0.149. The van der Waals surface area contributed by atoms with E-state index in [0.29, 0.717) is 12.0 Å². The largest absolute Gasteiger partial charge is 0.353 e. The van der Waals surface area contributed by atoms with E-state index in [1.165, 1.54) is 18.4 Å². The molecule has 22 heavy (non-hydrogen) atoms. The second-order valence-corrected chi connectivity index (χ2v) is 7.09. The van der Waals surface area contributed by atoms with Gasteiger partial charge in [-0.25, -0.2) is 0 Å². The summed E-state index contributed by atoms with van der Waals surface area (Å²) in [4.78, 5) is 12.4. The molecule has 0 spiro atoms. The minimum Gasteiger partial charge on any atom is -0.353 e. The van der Waals surface area contributed by atoms with Crippen molar-refractivity contribution in [2.24, 2.45) is 11.7 Å². The zero-order chi connectivity index (χ0) is 15.4. The van der Waals surface area contributed by atoms with E-state index in [1.54, 1.807) is 0 Å². The van der Waals surface area contributed by atoms with Crippen LogP contribution in [0.25, 0.3) is 0 Å². The number of nitrogens with one attached hydrogen (secondary N) is 1. The number of amides is 1. The molecular weight excluding hydrogens is 272 g/mol. The van der Waals surface area contributed by atoms with Crippen molar-refractivity contribution in [3.8, 4) is 0 Å². The van der Waals surface area contributed by atoms with E-state index in [9.17, 15) is 4.79 Å². The summed E-state index contributed by atoms with van der Waals surface area (Å²) in [5.41, 5.74) is 7.45. The molecule has 2 saturated carbocycles. The maximum absolute atomic E-state index is 12.4. The molecule has 2 fully saturated rings. The standard InChI is InChI=1S/C19H28N2O/c20-17-8-4-7-16(13-17)19(22)21-18-11-9-15(10-12-18)14-5-2-1-3-6-14/h1-3,5-6,15-18H,4,7-13,20H2,(H,21,22). The van der Waals surface area contributed by atoms with E-state index >= 15 is 0 Å². The molecule has 0 radical (unpaired) electrons. The lowest BCUT2D eigenvalue weighted by molar-refractivity contribution is -0.127. The van der Waals surface area contributed by atoms with Crippen LogP contribution in [0, 0.1) is 5.92 Å².